The largest absolute Gasteiger partial charge is 0.488 e. The fraction of sp³-hybridized carbons (Fsp3) is 0.600. The quantitative estimate of drug-likeness (QED) is 0.472. The molecular formula is C20H30O4S. The Hall–Kier alpha value is -1.33. The summed E-state index contributed by atoms with van der Waals surface area (Å²) in [6.07, 6.45) is 9.70. The van der Waals surface area contributed by atoms with Crippen LogP contribution in [-0.4, -0.2) is 26.4 Å². The normalized spacial score (nSPS) is 21.5. The van der Waals surface area contributed by atoms with Crippen LogP contribution in [0.4, 0.5) is 0 Å². The zero-order valence-corrected chi connectivity index (χ0v) is 16.1. The summed E-state index contributed by atoms with van der Waals surface area (Å²) < 4.78 is 35.7. The molecule has 1 aromatic carbocycles. The van der Waals surface area contributed by atoms with E-state index < -0.39 is 16.2 Å². The predicted octanol–water partition coefficient (Wildman–Crippen LogP) is 4.64. The van der Waals surface area contributed by atoms with Crippen molar-refractivity contribution < 1.29 is 17.3 Å². The molecule has 1 aliphatic rings. The molecule has 0 saturated heterocycles. The van der Waals surface area contributed by atoms with Crippen molar-refractivity contribution in [2.75, 3.05) is 5.75 Å². The van der Waals surface area contributed by atoms with Crippen molar-refractivity contribution in [3.63, 3.8) is 0 Å². The smallest absolute Gasteiger partial charge is 0.271 e. The van der Waals surface area contributed by atoms with Gasteiger partial charge in [0, 0.05) is 0 Å². The Morgan fingerprint density at radius 2 is 1.80 bits per heavy atom. The molecule has 2 unspecified atom stereocenters. The fourth-order valence-electron chi connectivity index (χ4n) is 3.04. The lowest BCUT2D eigenvalue weighted by atomic mass is 9.95. The van der Waals surface area contributed by atoms with E-state index in [4.69, 9.17) is 8.92 Å². The lowest BCUT2D eigenvalue weighted by Gasteiger charge is -2.31. The lowest BCUT2D eigenvalue weighted by Crippen LogP contribution is -2.38. The number of benzene rings is 1. The number of aryl methyl sites for hydroxylation is 1. The minimum Gasteiger partial charge on any atom is -0.488 e. The van der Waals surface area contributed by atoms with Gasteiger partial charge in [0.2, 0.25) is 0 Å². The summed E-state index contributed by atoms with van der Waals surface area (Å²) in [6.45, 7) is 3.98. The fourth-order valence-corrected chi connectivity index (χ4v) is 4.14. The molecule has 0 N–H and O–H groups in total. The van der Waals surface area contributed by atoms with Gasteiger partial charge in [0.1, 0.15) is 18.0 Å². The van der Waals surface area contributed by atoms with E-state index in [9.17, 15) is 8.42 Å². The molecule has 1 fully saturated rings. The first-order valence-corrected chi connectivity index (χ1v) is 10.9. The van der Waals surface area contributed by atoms with Gasteiger partial charge in [-0.05, 0) is 56.7 Å². The third kappa shape index (κ3) is 6.83. The summed E-state index contributed by atoms with van der Waals surface area (Å²) in [7, 11) is -3.55. The van der Waals surface area contributed by atoms with Crippen LogP contribution in [0.3, 0.4) is 0 Å². The molecule has 0 radical (unpaired) electrons. The molecule has 2 rings (SSSR count). The van der Waals surface area contributed by atoms with Crippen LogP contribution in [0.2, 0.25) is 0 Å². The van der Waals surface area contributed by atoms with Crippen LogP contribution >= 0.6 is 0 Å². The van der Waals surface area contributed by atoms with Gasteiger partial charge < -0.3 is 4.74 Å². The van der Waals surface area contributed by atoms with Gasteiger partial charge in [-0.15, -0.1) is 0 Å². The summed E-state index contributed by atoms with van der Waals surface area (Å²) in [6, 6.07) is 8.13. The highest BCUT2D eigenvalue weighted by Crippen LogP contribution is 2.27. The zero-order valence-electron chi connectivity index (χ0n) is 15.3. The van der Waals surface area contributed by atoms with Crippen LogP contribution in [0, 0.1) is 0 Å². The Bertz CT molecular complexity index is 634. The van der Waals surface area contributed by atoms with Crippen LogP contribution in [0.15, 0.2) is 36.4 Å². The standard InChI is InChI=1S/C20H30O4S/c1-3-5-9-17-12-14-18(15-13-17)23-19-10-7-8-11-20(19)24-25(21,22)16-6-4-2/h4,6,12-15,19-20H,3,5,7-11,16H2,1-2H3/b6-4+. The predicted molar refractivity (Wildman–Crippen MR) is 101 cm³/mol. The molecule has 0 aromatic heterocycles. The van der Waals surface area contributed by atoms with Crippen molar-refractivity contribution in [2.24, 2.45) is 0 Å². The van der Waals surface area contributed by atoms with Crippen LogP contribution in [0.25, 0.3) is 0 Å². The van der Waals surface area contributed by atoms with Crippen molar-refractivity contribution in [2.45, 2.75) is 71.0 Å². The maximum atomic E-state index is 12.1. The Balaban J connectivity index is 1.98. The molecule has 0 heterocycles. The van der Waals surface area contributed by atoms with Crippen molar-refractivity contribution in [3.05, 3.63) is 42.0 Å². The molecular weight excluding hydrogens is 336 g/mol. The van der Waals surface area contributed by atoms with E-state index >= 15 is 0 Å². The van der Waals surface area contributed by atoms with E-state index in [1.165, 1.54) is 18.4 Å². The molecule has 4 nitrogen and oxygen atoms in total. The molecule has 25 heavy (non-hydrogen) atoms. The first-order valence-electron chi connectivity index (χ1n) is 9.31. The minimum atomic E-state index is -3.55. The number of unbranched alkanes of at least 4 members (excludes halogenated alkanes) is 1. The Morgan fingerprint density at radius 1 is 1.12 bits per heavy atom. The van der Waals surface area contributed by atoms with E-state index in [-0.39, 0.29) is 11.9 Å². The third-order valence-electron chi connectivity index (χ3n) is 4.48. The van der Waals surface area contributed by atoms with Gasteiger partial charge in [0.15, 0.2) is 0 Å². The molecule has 0 amide bonds. The van der Waals surface area contributed by atoms with E-state index in [1.54, 1.807) is 19.1 Å². The van der Waals surface area contributed by atoms with Gasteiger partial charge >= 0.3 is 0 Å². The van der Waals surface area contributed by atoms with Gasteiger partial charge in [-0.2, -0.15) is 8.42 Å². The molecule has 1 aliphatic carbocycles. The molecule has 5 heteroatoms. The van der Waals surface area contributed by atoms with Crippen molar-refractivity contribution >= 4 is 10.1 Å². The summed E-state index contributed by atoms with van der Waals surface area (Å²) >= 11 is 0. The first kappa shape index (κ1) is 20.0. The van der Waals surface area contributed by atoms with E-state index in [0.29, 0.717) is 6.42 Å². The van der Waals surface area contributed by atoms with Crippen LogP contribution < -0.4 is 4.74 Å². The highest BCUT2D eigenvalue weighted by Gasteiger charge is 2.31. The van der Waals surface area contributed by atoms with Crippen LogP contribution in [0.1, 0.15) is 57.9 Å². The maximum Gasteiger partial charge on any atom is 0.271 e. The summed E-state index contributed by atoms with van der Waals surface area (Å²) in [4.78, 5) is 0. The van der Waals surface area contributed by atoms with Crippen molar-refractivity contribution in [3.8, 4) is 5.75 Å². The van der Waals surface area contributed by atoms with Crippen molar-refractivity contribution in [1.82, 2.24) is 0 Å². The monoisotopic (exact) mass is 366 g/mol. The Morgan fingerprint density at radius 3 is 2.44 bits per heavy atom. The van der Waals surface area contributed by atoms with Gasteiger partial charge in [-0.25, -0.2) is 0 Å². The van der Waals surface area contributed by atoms with Crippen LogP contribution in [0.5, 0.6) is 5.75 Å². The van der Waals surface area contributed by atoms with Gasteiger partial charge in [0.25, 0.3) is 10.1 Å². The SMILES string of the molecule is C/C=C/CS(=O)(=O)OC1CCCCC1Oc1ccc(CCCC)cc1. The summed E-state index contributed by atoms with van der Waals surface area (Å²) in [5, 5.41) is 0. The second-order valence-corrected chi connectivity index (χ2v) is 8.26. The number of hydrogen-bond donors (Lipinski definition) is 0. The van der Waals surface area contributed by atoms with E-state index in [1.807, 2.05) is 12.1 Å². The average molecular weight is 367 g/mol. The molecule has 1 saturated carbocycles. The van der Waals surface area contributed by atoms with Gasteiger partial charge in [-0.1, -0.05) is 44.1 Å². The topological polar surface area (TPSA) is 52.6 Å². The maximum absolute atomic E-state index is 12.1. The first-order chi connectivity index (χ1) is 12.0. The second-order valence-electron chi connectivity index (χ2n) is 6.62. The van der Waals surface area contributed by atoms with Crippen LogP contribution in [-0.2, 0) is 20.7 Å². The Labute approximate surface area is 152 Å². The summed E-state index contributed by atoms with van der Waals surface area (Å²) in [5.41, 5.74) is 1.31. The molecule has 0 spiro atoms. The van der Waals surface area contributed by atoms with E-state index in [2.05, 4.69) is 19.1 Å². The molecule has 1 aromatic rings. The number of hydrogen-bond acceptors (Lipinski definition) is 4. The number of rotatable bonds is 9. The molecule has 0 bridgehead atoms. The number of ether oxygens (including phenoxy) is 1. The second kappa shape index (κ2) is 9.97. The third-order valence-corrected chi connectivity index (χ3v) is 5.62. The molecule has 2 atom stereocenters. The minimum absolute atomic E-state index is 0.0845. The summed E-state index contributed by atoms with van der Waals surface area (Å²) in [5.74, 6) is 0.699. The average Bonchev–Trinajstić information content (AvgIpc) is 2.61. The highest BCUT2D eigenvalue weighted by molar-refractivity contribution is 7.86. The van der Waals surface area contributed by atoms with Gasteiger partial charge in [-0.3, -0.25) is 4.18 Å². The highest BCUT2D eigenvalue weighted by atomic mass is 32.2. The number of allylic oxidation sites excluding steroid dienone is 1. The van der Waals surface area contributed by atoms with Gasteiger partial charge in [0.05, 0.1) is 5.75 Å². The Kier molecular flexibility index (Phi) is 7.97. The lowest BCUT2D eigenvalue weighted by molar-refractivity contribution is 0.0274. The van der Waals surface area contributed by atoms with E-state index in [0.717, 1.165) is 31.4 Å². The van der Waals surface area contributed by atoms with Crippen molar-refractivity contribution in [1.29, 1.82) is 0 Å². The molecule has 140 valence electrons. The molecule has 0 aliphatic heterocycles. The zero-order chi connectivity index (χ0) is 18.1.